The number of rotatable bonds is 6. The van der Waals surface area contributed by atoms with Crippen molar-refractivity contribution in [3.8, 4) is 0 Å². The molecule has 0 aliphatic rings. The minimum absolute atomic E-state index is 0.00889. The second kappa shape index (κ2) is 7.05. The highest BCUT2D eigenvalue weighted by atomic mass is 79.9. The van der Waals surface area contributed by atoms with E-state index >= 15 is 0 Å². The fourth-order valence-electron chi connectivity index (χ4n) is 1.78. The summed E-state index contributed by atoms with van der Waals surface area (Å²) in [7, 11) is 0. The topological polar surface area (TPSA) is 38.1 Å². The second-order valence-electron chi connectivity index (χ2n) is 4.13. The van der Waals surface area contributed by atoms with Gasteiger partial charge in [0.15, 0.2) is 0 Å². The average Bonchev–Trinajstić information content (AvgIpc) is 2.64. The maximum Gasteiger partial charge on any atom is 0.247 e. The number of carbonyl (C=O) groups is 1. The fourth-order valence-corrected chi connectivity index (χ4v) is 2.49. The quantitative estimate of drug-likeness (QED) is 0.697. The Morgan fingerprint density at radius 1 is 1.42 bits per heavy atom. The molecule has 0 fully saturated rings. The molecule has 1 rings (SSSR count). The molecule has 19 heavy (non-hydrogen) atoms. The molecular weight excluding hydrogens is 374 g/mol. The van der Waals surface area contributed by atoms with Crippen molar-refractivity contribution < 1.29 is 4.79 Å². The minimum Gasteiger partial charge on any atom is -0.333 e. The van der Waals surface area contributed by atoms with Crippen LogP contribution >= 0.6 is 31.9 Å². The summed E-state index contributed by atoms with van der Waals surface area (Å²) in [6.07, 6.45) is 3.41. The van der Waals surface area contributed by atoms with Crippen LogP contribution in [-0.4, -0.2) is 33.7 Å². The van der Waals surface area contributed by atoms with Gasteiger partial charge in [-0.2, -0.15) is 5.10 Å². The Morgan fingerprint density at radius 3 is 2.32 bits per heavy atom. The van der Waals surface area contributed by atoms with E-state index in [0.29, 0.717) is 17.7 Å². The largest absolute Gasteiger partial charge is 0.333 e. The maximum atomic E-state index is 12.4. The first-order valence-corrected chi connectivity index (χ1v) is 7.43. The van der Waals surface area contributed by atoms with Crippen LogP contribution in [0.25, 0.3) is 0 Å². The number of hydrogen-bond acceptors (Lipinski definition) is 2. The zero-order valence-electron chi connectivity index (χ0n) is 11.1. The van der Waals surface area contributed by atoms with Gasteiger partial charge in [-0.15, -0.1) is 13.2 Å². The zero-order valence-corrected chi connectivity index (χ0v) is 14.2. The molecule has 1 aromatic rings. The summed E-state index contributed by atoms with van der Waals surface area (Å²) in [4.78, 5) is 14.1. The molecule has 0 radical (unpaired) electrons. The van der Waals surface area contributed by atoms with Crippen LogP contribution in [0.1, 0.15) is 18.7 Å². The summed E-state index contributed by atoms with van der Waals surface area (Å²) in [5.41, 5.74) is 0.907. The van der Waals surface area contributed by atoms with Crippen molar-refractivity contribution in [3.05, 3.63) is 40.1 Å². The number of aromatic nitrogens is 2. The molecule has 0 spiro atoms. The molecule has 0 aromatic carbocycles. The lowest BCUT2D eigenvalue weighted by molar-refractivity contribution is -0.133. The van der Waals surface area contributed by atoms with Crippen LogP contribution in [0.3, 0.4) is 0 Å². The monoisotopic (exact) mass is 389 g/mol. The molecule has 0 N–H and O–H groups in total. The fraction of sp³-hybridized carbons (Fsp3) is 0.385. The van der Waals surface area contributed by atoms with E-state index in [1.807, 2.05) is 13.8 Å². The van der Waals surface area contributed by atoms with E-state index in [1.165, 1.54) is 0 Å². The van der Waals surface area contributed by atoms with E-state index < -0.39 is 0 Å². The van der Waals surface area contributed by atoms with Crippen LogP contribution in [0.15, 0.2) is 34.4 Å². The highest BCUT2D eigenvalue weighted by Crippen LogP contribution is 2.27. The summed E-state index contributed by atoms with van der Waals surface area (Å²) in [5.74, 6) is -0.00889. The Hall–Kier alpha value is -0.880. The first-order valence-electron chi connectivity index (χ1n) is 5.84. The van der Waals surface area contributed by atoms with Gasteiger partial charge < -0.3 is 4.90 Å². The molecule has 1 amide bonds. The van der Waals surface area contributed by atoms with Gasteiger partial charge in [-0.05, 0) is 45.7 Å². The molecule has 1 atom stereocenters. The van der Waals surface area contributed by atoms with Gasteiger partial charge >= 0.3 is 0 Å². The molecule has 6 heteroatoms. The Morgan fingerprint density at radius 2 is 1.95 bits per heavy atom. The highest BCUT2D eigenvalue weighted by Gasteiger charge is 2.24. The SMILES string of the molecule is C=CCN(CC=C)C(=O)C(C)n1nc(Br)c(Br)c1C. The molecule has 0 saturated carbocycles. The third kappa shape index (κ3) is 3.57. The first kappa shape index (κ1) is 16.2. The van der Waals surface area contributed by atoms with E-state index in [1.54, 1.807) is 21.7 Å². The van der Waals surface area contributed by atoms with Gasteiger partial charge in [0.2, 0.25) is 5.91 Å². The van der Waals surface area contributed by atoms with Crippen molar-refractivity contribution in [1.29, 1.82) is 0 Å². The molecular formula is C13H17Br2N3O. The van der Waals surface area contributed by atoms with Gasteiger partial charge in [0.25, 0.3) is 0 Å². The Bertz CT molecular complexity index is 486. The number of halogens is 2. The summed E-state index contributed by atoms with van der Waals surface area (Å²) in [6, 6.07) is -0.373. The van der Waals surface area contributed by atoms with E-state index in [0.717, 1.165) is 10.2 Å². The lowest BCUT2D eigenvalue weighted by Gasteiger charge is -2.24. The maximum absolute atomic E-state index is 12.4. The predicted molar refractivity (Wildman–Crippen MR) is 84.0 cm³/mol. The molecule has 104 valence electrons. The number of hydrogen-bond donors (Lipinski definition) is 0. The molecule has 1 aromatic heterocycles. The van der Waals surface area contributed by atoms with Crippen molar-refractivity contribution in [2.45, 2.75) is 19.9 Å². The highest BCUT2D eigenvalue weighted by molar-refractivity contribution is 9.13. The lowest BCUT2D eigenvalue weighted by Crippen LogP contribution is -2.37. The smallest absolute Gasteiger partial charge is 0.247 e. The number of amides is 1. The Labute approximate surface area is 130 Å². The van der Waals surface area contributed by atoms with Crippen LogP contribution in [0.4, 0.5) is 0 Å². The van der Waals surface area contributed by atoms with Gasteiger partial charge in [0, 0.05) is 13.1 Å². The van der Waals surface area contributed by atoms with Crippen molar-refractivity contribution in [3.63, 3.8) is 0 Å². The van der Waals surface area contributed by atoms with Gasteiger partial charge in [-0.1, -0.05) is 12.2 Å². The molecule has 1 unspecified atom stereocenters. The van der Waals surface area contributed by atoms with E-state index in [4.69, 9.17) is 0 Å². The summed E-state index contributed by atoms with van der Waals surface area (Å²) < 4.78 is 3.27. The summed E-state index contributed by atoms with van der Waals surface area (Å²) in [6.45, 7) is 12.1. The lowest BCUT2D eigenvalue weighted by atomic mass is 10.2. The van der Waals surface area contributed by atoms with Crippen molar-refractivity contribution in [2.75, 3.05) is 13.1 Å². The third-order valence-corrected chi connectivity index (χ3v) is 4.81. The summed E-state index contributed by atoms with van der Waals surface area (Å²) in [5, 5.41) is 4.32. The normalized spacial score (nSPS) is 12.0. The Balaban J connectivity index is 2.99. The number of nitrogens with zero attached hydrogens (tertiary/aromatic N) is 3. The van der Waals surface area contributed by atoms with Crippen LogP contribution in [0.2, 0.25) is 0 Å². The zero-order chi connectivity index (χ0) is 14.6. The van der Waals surface area contributed by atoms with E-state index in [2.05, 4.69) is 50.1 Å². The second-order valence-corrected chi connectivity index (χ2v) is 5.68. The Kier molecular flexibility index (Phi) is 6.00. The average molecular weight is 391 g/mol. The van der Waals surface area contributed by atoms with E-state index in [9.17, 15) is 4.79 Å². The molecule has 4 nitrogen and oxygen atoms in total. The molecule has 0 aliphatic heterocycles. The number of carbonyl (C=O) groups excluding carboxylic acids is 1. The minimum atomic E-state index is -0.373. The van der Waals surface area contributed by atoms with Gasteiger partial charge in [-0.25, -0.2) is 0 Å². The summed E-state index contributed by atoms with van der Waals surface area (Å²) >= 11 is 6.78. The van der Waals surface area contributed by atoms with Crippen LogP contribution in [-0.2, 0) is 4.79 Å². The van der Waals surface area contributed by atoms with Crippen LogP contribution < -0.4 is 0 Å². The van der Waals surface area contributed by atoms with Crippen LogP contribution in [0, 0.1) is 6.92 Å². The molecule has 1 heterocycles. The van der Waals surface area contributed by atoms with E-state index in [-0.39, 0.29) is 11.9 Å². The standard InChI is InChI=1S/C13H17Br2N3O/c1-5-7-17(8-6-2)13(19)10(4)18-9(3)11(14)12(15)16-18/h5-6,10H,1-2,7-8H2,3-4H3. The van der Waals surface area contributed by atoms with Crippen molar-refractivity contribution in [2.24, 2.45) is 0 Å². The predicted octanol–water partition coefficient (Wildman–Crippen LogP) is 3.48. The van der Waals surface area contributed by atoms with Gasteiger partial charge in [0.05, 0.1) is 10.2 Å². The van der Waals surface area contributed by atoms with Gasteiger partial charge in [0.1, 0.15) is 10.6 Å². The van der Waals surface area contributed by atoms with Gasteiger partial charge in [-0.3, -0.25) is 9.48 Å². The third-order valence-electron chi connectivity index (χ3n) is 2.77. The first-order chi connectivity index (χ1) is 8.93. The van der Waals surface area contributed by atoms with Crippen LogP contribution in [0.5, 0.6) is 0 Å². The van der Waals surface area contributed by atoms with Crippen molar-refractivity contribution in [1.82, 2.24) is 14.7 Å². The van der Waals surface area contributed by atoms with Crippen molar-refractivity contribution >= 4 is 37.8 Å². The molecule has 0 saturated heterocycles. The molecule has 0 bridgehead atoms. The molecule has 0 aliphatic carbocycles.